The van der Waals surface area contributed by atoms with Crippen molar-refractivity contribution in [3.05, 3.63) is 28.3 Å². The maximum absolute atomic E-state index is 9.73. The second kappa shape index (κ2) is 5.91. The lowest BCUT2D eigenvalue weighted by Crippen LogP contribution is -2.30. The fourth-order valence-corrected chi connectivity index (χ4v) is 2.33. The van der Waals surface area contributed by atoms with Gasteiger partial charge in [0, 0.05) is 30.1 Å². The third kappa shape index (κ3) is 3.16. The summed E-state index contributed by atoms with van der Waals surface area (Å²) in [6, 6.07) is 3.90. The van der Waals surface area contributed by atoms with Crippen molar-refractivity contribution in [2.45, 2.75) is 32.9 Å². The largest absolute Gasteiger partial charge is 0.493 e. The van der Waals surface area contributed by atoms with Crippen LogP contribution in [0, 0.1) is 5.92 Å². The van der Waals surface area contributed by atoms with E-state index in [9.17, 15) is 5.11 Å². The van der Waals surface area contributed by atoms with Gasteiger partial charge in [-0.1, -0.05) is 25.4 Å². The number of aliphatic hydroxyl groups excluding tert-OH is 1. The predicted molar refractivity (Wildman–Crippen MR) is 73.2 cm³/mol. The normalized spacial score (nSPS) is 15.6. The molecule has 0 fully saturated rings. The molecule has 1 heterocycles. The molecule has 4 heteroatoms. The summed E-state index contributed by atoms with van der Waals surface area (Å²) in [6.07, 6.45) is 0.607. The van der Waals surface area contributed by atoms with Gasteiger partial charge in [-0.15, -0.1) is 0 Å². The van der Waals surface area contributed by atoms with Crippen molar-refractivity contribution in [2.75, 3.05) is 13.2 Å². The number of nitrogens with one attached hydrogen (secondary N) is 1. The van der Waals surface area contributed by atoms with Gasteiger partial charge in [0.05, 0.1) is 12.7 Å². The van der Waals surface area contributed by atoms with Crippen molar-refractivity contribution in [3.8, 4) is 5.75 Å². The molecule has 0 bridgehead atoms. The number of ether oxygens (including phenoxy) is 1. The van der Waals surface area contributed by atoms with Crippen LogP contribution >= 0.6 is 11.6 Å². The van der Waals surface area contributed by atoms with E-state index in [-0.39, 0.29) is 12.0 Å². The van der Waals surface area contributed by atoms with Gasteiger partial charge >= 0.3 is 0 Å². The zero-order valence-corrected chi connectivity index (χ0v) is 11.6. The van der Waals surface area contributed by atoms with Gasteiger partial charge in [0.15, 0.2) is 0 Å². The molecule has 1 aromatic rings. The average molecular weight is 270 g/mol. The lowest BCUT2D eigenvalue weighted by Gasteiger charge is -2.16. The molecule has 18 heavy (non-hydrogen) atoms. The van der Waals surface area contributed by atoms with Crippen LogP contribution in [0.25, 0.3) is 0 Å². The van der Waals surface area contributed by atoms with E-state index < -0.39 is 0 Å². The van der Waals surface area contributed by atoms with Crippen LogP contribution in [0.1, 0.15) is 25.0 Å². The highest BCUT2D eigenvalue weighted by molar-refractivity contribution is 6.30. The molecule has 1 aliphatic heterocycles. The van der Waals surface area contributed by atoms with Crippen molar-refractivity contribution in [3.63, 3.8) is 0 Å². The van der Waals surface area contributed by atoms with E-state index in [1.165, 1.54) is 5.56 Å². The van der Waals surface area contributed by atoms with Crippen LogP contribution in [0.15, 0.2) is 12.1 Å². The summed E-state index contributed by atoms with van der Waals surface area (Å²) >= 11 is 6.09. The molecule has 0 spiro atoms. The Morgan fingerprint density at radius 1 is 1.44 bits per heavy atom. The standard InChI is InChI=1S/C14H20ClNO2/c1-9(2)13(17)8-16-7-11-6-12(15)5-10-3-4-18-14(10)11/h5-6,9,13,16-17H,3-4,7-8H2,1-2H3. The van der Waals surface area contributed by atoms with E-state index in [0.29, 0.717) is 13.1 Å². The Morgan fingerprint density at radius 3 is 2.94 bits per heavy atom. The quantitative estimate of drug-likeness (QED) is 0.862. The molecular formula is C14H20ClNO2. The van der Waals surface area contributed by atoms with E-state index >= 15 is 0 Å². The molecule has 1 aliphatic rings. The highest BCUT2D eigenvalue weighted by atomic mass is 35.5. The molecule has 0 amide bonds. The summed E-state index contributed by atoms with van der Waals surface area (Å²) in [5.41, 5.74) is 2.26. The highest BCUT2D eigenvalue weighted by Crippen LogP contribution is 2.32. The molecule has 2 rings (SSSR count). The molecular weight excluding hydrogens is 250 g/mol. The molecule has 1 aromatic carbocycles. The number of aliphatic hydroxyl groups is 1. The first kappa shape index (κ1) is 13.7. The molecule has 0 saturated heterocycles. The van der Waals surface area contributed by atoms with E-state index in [4.69, 9.17) is 16.3 Å². The van der Waals surface area contributed by atoms with Crippen LogP contribution in [0.4, 0.5) is 0 Å². The van der Waals surface area contributed by atoms with Gasteiger partial charge in [-0.05, 0) is 23.6 Å². The Labute approximate surface area is 113 Å². The van der Waals surface area contributed by atoms with Crippen molar-refractivity contribution < 1.29 is 9.84 Å². The molecule has 1 unspecified atom stereocenters. The van der Waals surface area contributed by atoms with Crippen LogP contribution in [-0.4, -0.2) is 24.4 Å². The van der Waals surface area contributed by atoms with Crippen molar-refractivity contribution >= 4 is 11.6 Å². The van der Waals surface area contributed by atoms with Crippen molar-refractivity contribution in [2.24, 2.45) is 5.92 Å². The maximum Gasteiger partial charge on any atom is 0.127 e. The Hall–Kier alpha value is -0.770. The summed E-state index contributed by atoms with van der Waals surface area (Å²) in [5, 5.41) is 13.7. The molecule has 2 N–H and O–H groups in total. The number of hydrogen-bond acceptors (Lipinski definition) is 3. The first-order valence-corrected chi connectivity index (χ1v) is 6.78. The second-order valence-electron chi connectivity index (χ2n) is 5.09. The lowest BCUT2D eigenvalue weighted by molar-refractivity contribution is 0.123. The van der Waals surface area contributed by atoms with E-state index in [1.807, 2.05) is 26.0 Å². The van der Waals surface area contributed by atoms with E-state index in [1.54, 1.807) is 0 Å². The molecule has 100 valence electrons. The summed E-state index contributed by atoms with van der Waals surface area (Å²) < 4.78 is 5.63. The Kier molecular flexibility index (Phi) is 4.49. The number of hydrogen-bond donors (Lipinski definition) is 2. The number of benzene rings is 1. The Bertz CT molecular complexity index is 421. The summed E-state index contributed by atoms with van der Waals surface area (Å²) in [5.74, 6) is 1.23. The van der Waals surface area contributed by atoms with Gasteiger partial charge in [0.25, 0.3) is 0 Å². The second-order valence-corrected chi connectivity index (χ2v) is 5.53. The molecule has 0 aliphatic carbocycles. The molecule has 3 nitrogen and oxygen atoms in total. The van der Waals surface area contributed by atoms with Crippen LogP contribution in [-0.2, 0) is 13.0 Å². The first-order chi connectivity index (χ1) is 8.58. The molecule has 0 radical (unpaired) electrons. The monoisotopic (exact) mass is 269 g/mol. The van der Waals surface area contributed by atoms with Crippen molar-refractivity contribution in [1.82, 2.24) is 5.32 Å². The minimum absolute atomic E-state index is 0.263. The van der Waals surface area contributed by atoms with Gasteiger partial charge < -0.3 is 15.2 Å². The predicted octanol–water partition coefficient (Wildman–Crippen LogP) is 2.38. The van der Waals surface area contributed by atoms with Crippen LogP contribution < -0.4 is 10.1 Å². The van der Waals surface area contributed by atoms with Gasteiger partial charge in [-0.2, -0.15) is 0 Å². The van der Waals surface area contributed by atoms with Crippen LogP contribution in [0.2, 0.25) is 5.02 Å². The highest BCUT2D eigenvalue weighted by Gasteiger charge is 2.17. The molecule has 0 saturated carbocycles. The van der Waals surface area contributed by atoms with E-state index in [0.717, 1.165) is 29.4 Å². The minimum Gasteiger partial charge on any atom is -0.493 e. The topological polar surface area (TPSA) is 41.5 Å². The molecule has 0 aromatic heterocycles. The van der Waals surface area contributed by atoms with Gasteiger partial charge in [0.1, 0.15) is 5.75 Å². The van der Waals surface area contributed by atoms with Gasteiger partial charge in [-0.25, -0.2) is 0 Å². The fraction of sp³-hybridized carbons (Fsp3) is 0.571. The summed E-state index contributed by atoms with van der Waals surface area (Å²) in [4.78, 5) is 0. The SMILES string of the molecule is CC(C)C(O)CNCc1cc(Cl)cc2c1OCC2. The Morgan fingerprint density at radius 2 is 2.22 bits per heavy atom. The minimum atomic E-state index is -0.321. The smallest absolute Gasteiger partial charge is 0.127 e. The Balaban J connectivity index is 1.98. The third-order valence-corrected chi connectivity index (χ3v) is 3.48. The number of halogens is 1. The fourth-order valence-electron chi connectivity index (χ4n) is 2.07. The van der Waals surface area contributed by atoms with Crippen molar-refractivity contribution in [1.29, 1.82) is 0 Å². The number of rotatable bonds is 5. The third-order valence-electron chi connectivity index (χ3n) is 3.26. The zero-order valence-electron chi connectivity index (χ0n) is 10.9. The number of fused-ring (bicyclic) bond motifs is 1. The van der Waals surface area contributed by atoms with Gasteiger partial charge in [0.2, 0.25) is 0 Å². The first-order valence-electron chi connectivity index (χ1n) is 6.41. The maximum atomic E-state index is 9.73. The molecule has 1 atom stereocenters. The lowest BCUT2D eigenvalue weighted by atomic mass is 10.1. The van der Waals surface area contributed by atoms with Crippen LogP contribution in [0.5, 0.6) is 5.75 Å². The zero-order chi connectivity index (χ0) is 13.1. The summed E-state index contributed by atoms with van der Waals surface area (Å²) in [6.45, 7) is 6.00. The van der Waals surface area contributed by atoms with Crippen LogP contribution in [0.3, 0.4) is 0 Å². The van der Waals surface area contributed by atoms with E-state index in [2.05, 4.69) is 5.32 Å². The summed E-state index contributed by atoms with van der Waals surface area (Å²) in [7, 11) is 0. The van der Waals surface area contributed by atoms with Gasteiger partial charge in [-0.3, -0.25) is 0 Å². The average Bonchev–Trinajstić information content (AvgIpc) is 2.76.